The first-order chi connectivity index (χ1) is 13.8. The summed E-state index contributed by atoms with van der Waals surface area (Å²) in [5.41, 5.74) is 4.46. The van der Waals surface area contributed by atoms with Crippen molar-refractivity contribution in [3.63, 3.8) is 0 Å². The number of rotatable bonds is 4. The summed E-state index contributed by atoms with van der Waals surface area (Å²) >= 11 is 1.42. The molecule has 0 aliphatic carbocycles. The number of ether oxygens (including phenoxy) is 1. The lowest BCUT2D eigenvalue weighted by Crippen LogP contribution is -2.40. The van der Waals surface area contributed by atoms with Crippen LogP contribution in [0.3, 0.4) is 0 Å². The molecule has 0 spiro atoms. The summed E-state index contributed by atoms with van der Waals surface area (Å²) in [6, 6.07) is 1.98. The van der Waals surface area contributed by atoms with Gasteiger partial charge in [0, 0.05) is 41.9 Å². The van der Waals surface area contributed by atoms with Crippen molar-refractivity contribution in [1.82, 2.24) is 30.1 Å². The highest BCUT2D eigenvalue weighted by Gasteiger charge is 2.19. The fourth-order valence-corrected chi connectivity index (χ4v) is 4.15. The molecule has 1 atom stereocenters. The van der Waals surface area contributed by atoms with Gasteiger partial charge in [0.1, 0.15) is 0 Å². The van der Waals surface area contributed by atoms with Crippen molar-refractivity contribution in [2.75, 3.05) is 13.2 Å². The molecule has 0 radical (unpaired) electrons. The van der Waals surface area contributed by atoms with Crippen LogP contribution < -0.4 is 5.32 Å². The lowest BCUT2D eigenvalue weighted by atomic mass is 10.1. The maximum absolute atomic E-state index is 12.5. The Labute approximate surface area is 164 Å². The molecule has 9 heteroatoms. The molecule has 1 fully saturated rings. The first-order valence-electron chi connectivity index (χ1n) is 9.08. The van der Waals surface area contributed by atoms with Crippen LogP contribution in [0.4, 0.5) is 0 Å². The monoisotopic (exact) mass is 394 g/mol. The predicted octanol–water partition coefficient (Wildman–Crippen LogP) is 2.76. The van der Waals surface area contributed by atoms with Crippen LogP contribution in [0.25, 0.3) is 27.9 Å². The van der Waals surface area contributed by atoms with Crippen LogP contribution in [0.5, 0.6) is 0 Å². The van der Waals surface area contributed by atoms with Gasteiger partial charge in [0.2, 0.25) is 0 Å². The summed E-state index contributed by atoms with van der Waals surface area (Å²) in [6.07, 6.45) is 11.0. The van der Waals surface area contributed by atoms with E-state index in [1.807, 2.05) is 23.8 Å². The number of H-pyrrole nitrogens is 1. The number of carbonyl (C=O) groups is 1. The van der Waals surface area contributed by atoms with E-state index >= 15 is 0 Å². The fraction of sp³-hybridized carbons (Fsp3) is 0.263. The Morgan fingerprint density at radius 3 is 3.07 bits per heavy atom. The second kappa shape index (κ2) is 7.17. The Kier molecular flexibility index (Phi) is 4.38. The summed E-state index contributed by atoms with van der Waals surface area (Å²) in [5, 5.41) is 16.2. The molecule has 5 heterocycles. The molecule has 0 aromatic carbocycles. The zero-order chi connectivity index (χ0) is 18.9. The summed E-state index contributed by atoms with van der Waals surface area (Å²) in [6.45, 7) is 1.36. The highest BCUT2D eigenvalue weighted by atomic mass is 32.1. The zero-order valence-electron chi connectivity index (χ0n) is 15.0. The quantitative estimate of drug-likeness (QED) is 0.555. The lowest BCUT2D eigenvalue weighted by molar-refractivity contribution is 0.0626. The van der Waals surface area contributed by atoms with Gasteiger partial charge in [0.25, 0.3) is 5.91 Å². The Bertz CT molecular complexity index is 1110. The maximum atomic E-state index is 12.5. The van der Waals surface area contributed by atoms with E-state index in [0.717, 1.165) is 47.3 Å². The molecule has 1 aliphatic rings. The highest BCUT2D eigenvalue weighted by molar-refractivity contribution is 7.12. The molecule has 4 aromatic rings. The molecule has 0 saturated carbocycles. The number of carbonyl (C=O) groups excluding carboxylic acids is 1. The number of hydrogen-bond acceptors (Lipinski definition) is 6. The van der Waals surface area contributed by atoms with E-state index in [2.05, 4.69) is 25.6 Å². The third-order valence-corrected chi connectivity index (χ3v) is 5.75. The van der Waals surface area contributed by atoms with Crippen molar-refractivity contribution >= 4 is 22.9 Å². The summed E-state index contributed by atoms with van der Waals surface area (Å²) in [4.78, 5) is 17.8. The maximum Gasteiger partial charge on any atom is 0.261 e. The van der Waals surface area contributed by atoms with Gasteiger partial charge in [-0.15, -0.1) is 11.3 Å². The zero-order valence-corrected chi connectivity index (χ0v) is 15.8. The van der Waals surface area contributed by atoms with Crippen molar-refractivity contribution in [1.29, 1.82) is 0 Å². The molecule has 1 amide bonds. The van der Waals surface area contributed by atoms with E-state index in [-0.39, 0.29) is 11.9 Å². The number of amides is 1. The molecule has 8 nitrogen and oxygen atoms in total. The molecule has 2 N–H and O–H groups in total. The minimum atomic E-state index is -0.0570. The summed E-state index contributed by atoms with van der Waals surface area (Å²) in [7, 11) is 0. The second-order valence-electron chi connectivity index (χ2n) is 6.74. The minimum absolute atomic E-state index is 0.0570. The molecular weight excluding hydrogens is 376 g/mol. The van der Waals surface area contributed by atoms with Gasteiger partial charge in [-0.2, -0.15) is 10.2 Å². The minimum Gasteiger partial charge on any atom is -0.379 e. The first kappa shape index (κ1) is 17.1. The van der Waals surface area contributed by atoms with Gasteiger partial charge in [0.05, 0.1) is 29.9 Å². The van der Waals surface area contributed by atoms with Crippen LogP contribution >= 0.6 is 11.3 Å². The van der Waals surface area contributed by atoms with Crippen LogP contribution in [0, 0.1) is 0 Å². The van der Waals surface area contributed by atoms with Crippen molar-refractivity contribution in [2.45, 2.75) is 18.9 Å². The molecule has 1 saturated heterocycles. The van der Waals surface area contributed by atoms with Gasteiger partial charge in [-0.05, 0) is 29.9 Å². The van der Waals surface area contributed by atoms with E-state index in [1.54, 1.807) is 23.1 Å². The Balaban J connectivity index is 1.39. The highest BCUT2D eigenvalue weighted by Crippen LogP contribution is 2.29. The average molecular weight is 394 g/mol. The molecule has 5 rings (SSSR count). The van der Waals surface area contributed by atoms with Crippen LogP contribution in [0.1, 0.15) is 22.5 Å². The average Bonchev–Trinajstić information content (AvgIpc) is 3.47. The van der Waals surface area contributed by atoms with Crippen LogP contribution in [-0.2, 0) is 4.74 Å². The van der Waals surface area contributed by atoms with Gasteiger partial charge >= 0.3 is 0 Å². The van der Waals surface area contributed by atoms with Crippen molar-refractivity contribution < 1.29 is 9.53 Å². The molecule has 28 heavy (non-hydrogen) atoms. The Hall–Kier alpha value is -3.04. The number of aromatic amines is 1. The fourth-order valence-electron chi connectivity index (χ4n) is 3.34. The SMILES string of the molecule is O=C(NC1CCCOC1)c1cc(-c2cnn3cc(-c4cn[nH]c4)cnc23)cs1. The van der Waals surface area contributed by atoms with Crippen LogP contribution in [0.2, 0.25) is 0 Å². The van der Waals surface area contributed by atoms with E-state index < -0.39 is 0 Å². The van der Waals surface area contributed by atoms with E-state index in [1.165, 1.54) is 11.3 Å². The largest absolute Gasteiger partial charge is 0.379 e. The number of thiophene rings is 1. The number of nitrogens with one attached hydrogen (secondary N) is 2. The first-order valence-corrected chi connectivity index (χ1v) is 9.96. The molecule has 1 unspecified atom stereocenters. The second-order valence-corrected chi connectivity index (χ2v) is 7.65. The normalized spacial score (nSPS) is 17.1. The summed E-state index contributed by atoms with van der Waals surface area (Å²) < 4.78 is 7.18. The van der Waals surface area contributed by atoms with Crippen LogP contribution in [-0.4, -0.2) is 50.0 Å². The standard InChI is InChI=1S/C19H18N6O2S/c26-19(24-15-2-1-3-27-10-15)17-4-12(11-28-17)16-8-23-25-9-14(5-20-18(16)25)13-6-21-22-7-13/h4-9,11,15H,1-3,10H2,(H,21,22)(H,24,26). The van der Waals surface area contributed by atoms with Gasteiger partial charge in [-0.3, -0.25) is 9.89 Å². The van der Waals surface area contributed by atoms with Gasteiger partial charge in [0.15, 0.2) is 5.65 Å². The molecule has 4 aromatic heterocycles. The third-order valence-electron chi connectivity index (χ3n) is 4.82. The molecule has 142 valence electrons. The van der Waals surface area contributed by atoms with E-state index in [9.17, 15) is 4.79 Å². The third kappa shape index (κ3) is 3.19. The topological polar surface area (TPSA) is 97.2 Å². The van der Waals surface area contributed by atoms with E-state index in [4.69, 9.17) is 4.74 Å². The van der Waals surface area contributed by atoms with Gasteiger partial charge < -0.3 is 10.1 Å². The van der Waals surface area contributed by atoms with Crippen LogP contribution in [0.15, 0.2) is 42.4 Å². The number of aromatic nitrogens is 5. The number of fused-ring (bicyclic) bond motifs is 1. The molecular formula is C19H18N6O2S. The molecule has 1 aliphatic heterocycles. The predicted molar refractivity (Wildman–Crippen MR) is 105 cm³/mol. The number of nitrogens with zero attached hydrogens (tertiary/aromatic N) is 4. The van der Waals surface area contributed by atoms with E-state index in [0.29, 0.717) is 11.5 Å². The van der Waals surface area contributed by atoms with Gasteiger partial charge in [-0.1, -0.05) is 0 Å². The van der Waals surface area contributed by atoms with Crippen molar-refractivity contribution in [3.8, 4) is 22.3 Å². The Morgan fingerprint density at radius 1 is 1.29 bits per heavy atom. The van der Waals surface area contributed by atoms with Crippen molar-refractivity contribution in [2.24, 2.45) is 0 Å². The van der Waals surface area contributed by atoms with Crippen molar-refractivity contribution in [3.05, 3.63) is 47.3 Å². The van der Waals surface area contributed by atoms with Gasteiger partial charge in [-0.25, -0.2) is 9.50 Å². The number of hydrogen-bond donors (Lipinski definition) is 2. The summed E-state index contributed by atoms with van der Waals surface area (Å²) in [5.74, 6) is -0.0570. The Morgan fingerprint density at radius 2 is 2.25 bits per heavy atom. The smallest absolute Gasteiger partial charge is 0.261 e. The molecule has 0 bridgehead atoms. The lowest BCUT2D eigenvalue weighted by Gasteiger charge is -2.22.